The Kier molecular flexibility index (Phi) is 2.27. The normalized spacial score (nSPS) is 11.6. The Labute approximate surface area is 74.2 Å². The molecule has 4 N–H and O–H groups in total. The molecule has 0 amide bonds. The number of hydrogen-bond acceptors (Lipinski definition) is 5. The van der Waals surface area contributed by atoms with E-state index in [1.807, 2.05) is 0 Å². The minimum Gasteiger partial charge on any atom is -0.504 e. The summed E-state index contributed by atoms with van der Waals surface area (Å²) < 4.78 is 0. The minimum absolute atomic E-state index is 0.227. The molecule has 0 saturated carbocycles. The Bertz CT molecular complexity index is 336. The molecule has 0 bridgehead atoms. The molecule has 0 aliphatic heterocycles. The van der Waals surface area contributed by atoms with Crippen LogP contribution in [0.4, 0.5) is 0 Å². The van der Waals surface area contributed by atoms with Crippen molar-refractivity contribution >= 4 is 5.71 Å². The van der Waals surface area contributed by atoms with Crippen LogP contribution in [0.5, 0.6) is 17.2 Å². The summed E-state index contributed by atoms with van der Waals surface area (Å²) >= 11 is 0. The van der Waals surface area contributed by atoms with Crippen LogP contribution in [-0.2, 0) is 0 Å². The summed E-state index contributed by atoms with van der Waals surface area (Å²) in [4.78, 5) is 0. The van der Waals surface area contributed by atoms with Crippen molar-refractivity contribution in [1.29, 1.82) is 0 Å². The second kappa shape index (κ2) is 3.22. The van der Waals surface area contributed by atoms with Gasteiger partial charge < -0.3 is 20.5 Å². The van der Waals surface area contributed by atoms with Gasteiger partial charge in [0.1, 0.15) is 0 Å². The number of rotatable bonds is 1. The van der Waals surface area contributed by atoms with Crippen molar-refractivity contribution in [2.75, 3.05) is 0 Å². The van der Waals surface area contributed by atoms with E-state index >= 15 is 0 Å². The third-order valence-corrected chi connectivity index (χ3v) is 1.64. The zero-order valence-corrected chi connectivity index (χ0v) is 6.89. The summed E-state index contributed by atoms with van der Waals surface area (Å²) in [5.41, 5.74) is 0.556. The van der Waals surface area contributed by atoms with Gasteiger partial charge in [0.05, 0.1) is 5.71 Å². The number of hydrogen-bond donors (Lipinski definition) is 4. The van der Waals surface area contributed by atoms with Crippen molar-refractivity contribution in [3.05, 3.63) is 17.7 Å². The van der Waals surface area contributed by atoms with Gasteiger partial charge in [-0.2, -0.15) is 0 Å². The van der Waals surface area contributed by atoms with Crippen molar-refractivity contribution in [3.8, 4) is 17.2 Å². The highest BCUT2D eigenvalue weighted by Gasteiger charge is 2.09. The molecule has 0 atom stereocenters. The molecule has 70 valence electrons. The smallest absolute Gasteiger partial charge is 0.200 e. The van der Waals surface area contributed by atoms with Gasteiger partial charge in [-0.1, -0.05) is 5.16 Å². The molecule has 0 aliphatic carbocycles. The maximum atomic E-state index is 9.08. The van der Waals surface area contributed by atoms with Crippen molar-refractivity contribution in [3.63, 3.8) is 0 Å². The van der Waals surface area contributed by atoms with E-state index in [0.29, 0.717) is 5.56 Å². The van der Waals surface area contributed by atoms with Gasteiger partial charge in [0.2, 0.25) is 0 Å². The van der Waals surface area contributed by atoms with Crippen LogP contribution in [0.1, 0.15) is 12.5 Å². The standard InChI is InChI=1S/C8H9NO4/c1-4(9-13)5-2-6(10)8(12)7(11)3-5/h2-3,10-13H,1H3. The van der Waals surface area contributed by atoms with E-state index in [1.54, 1.807) is 0 Å². The van der Waals surface area contributed by atoms with Crippen LogP contribution < -0.4 is 0 Å². The molecule has 0 radical (unpaired) electrons. The van der Waals surface area contributed by atoms with E-state index in [-0.39, 0.29) is 5.71 Å². The van der Waals surface area contributed by atoms with E-state index in [0.717, 1.165) is 0 Å². The van der Waals surface area contributed by atoms with Gasteiger partial charge in [-0.25, -0.2) is 0 Å². The molecule has 0 spiro atoms. The van der Waals surface area contributed by atoms with Crippen molar-refractivity contribution in [2.24, 2.45) is 5.16 Å². The number of phenols is 3. The highest BCUT2D eigenvalue weighted by molar-refractivity contribution is 5.99. The van der Waals surface area contributed by atoms with Gasteiger partial charge in [-0.3, -0.25) is 0 Å². The predicted octanol–water partition coefficient (Wildman–Crippen LogP) is 1.00. The zero-order chi connectivity index (χ0) is 10.0. The molecule has 5 nitrogen and oxygen atoms in total. The van der Waals surface area contributed by atoms with Crippen molar-refractivity contribution < 1.29 is 20.5 Å². The molecule has 13 heavy (non-hydrogen) atoms. The third-order valence-electron chi connectivity index (χ3n) is 1.64. The predicted molar refractivity (Wildman–Crippen MR) is 45.4 cm³/mol. The van der Waals surface area contributed by atoms with Gasteiger partial charge in [0.15, 0.2) is 17.2 Å². The topological polar surface area (TPSA) is 93.3 Å². The lowest BCUT2D eigenvalue weighted by Crippen LogP contribution is -1.93. The molecule has 0 aromatic heterocycles. The summed E-state index contributed by atoms with van der Waals surface area (Å²) in [5.74, 6) is -1.51. The highest BCUT2D eigenvalue weighted by Crippen LogP contribution is 2.35. The summed E-state index contributed by atoms with van der Waals surface area (Å²) in [6.45, 7) is 1.49. The lowest BCUT2D eigenvalue weighted by Gasteiger charge is -2.03. The summed E-state index contributed by atoms with van der Waals surface area (Å²) in [6, 6.07) is 2.37. The molecule has 1 aromatic carbocycles. The Morgan fingerprint density at radius 1 is 1.15 bits per heavy atom. The van der Waals surface area contributed by atoms with Gasteiger partial charge in [-0.05, 0) is 19.1 Å². The molecule has 0 heterocycles. The lowest BCUT2D eigenvalue weighted by atomic mass is 10.1. The zero-order valence-electron chi connectivity index (χ0n) is 6.89. The largest absolute Gasteiger partial charge is 0.504 e. The fourth-order valence-corrected chi connectivity index (χ4v) is 0.871. The molecule has 1 rings (SSSR count). The maximum Gasteiger partial charge on any atom is 0.200 e. The Morgan fingerprint density at radius 2 is 1.62 bits per heavy atom. The third kappa shape index (κ3) is 1.64. The number of nitrogens with zero attached hydrogens (tertiary/aromatic N) is 1. The first kappa shape index (κ1) is 9.18. The quantitative estimate of drug-likeness (QED) is 0.226. The molecule has 0 aliphatic rings. The summed E-state index contributed by atoms with van der Waals surface area (Å²) in [6.07, 6.45) is 0. The van der Waals surface area contributed by atoms with E-state index in [9.17, 15) is 0 Å². The molecule has 5 heteroatoms. The second-order valence-corrected chi connectivity index (χ2v) is 2.55. The molecular formula is C8H9NO4. The van der Waals surface area contributed by atoms with Crippen LogP contribution in [0.2, 0.25) is 0 Å². The number of oxime groups is 1. The summed E-state index contributed by atoms with van der Waals surface area (Å²) in [5, 5.41) is 38.4. The first-order chi connectivity index (χ1) is 6.06. The van der Waals surface area contributed by atoms with Crippen LogP contribution in [0, 0.1) is 0 Å². The second-order valence-electron chi connectivity index (χ2n) is 2.55. The van der Waals surface area contributed by atoms with Gasteiger partial charge >= 0.3 is 0 Å². The first-order valence-corrected chi connectivity index (χ1v) is 3.50. The molecular weight excluding hydrogens is 174 g/mol. The van der Waals surface area contributed by atoms with E-state index < -0.39 is 17.2 Å². The molecule has 0 saturated heterocycles. The van der Waals surface area contributed by atoms with Crippen LogP contribution in [0.25, 0.3) is 0 Å². The number of benzene rings is 1. The Morgan fingerprint density at radius 3 is 2.00 bits per heavy atom. The van der Waals surface area contributed by atoms with Crippen molar-refractivity contribution in [1.82, 2.24) is 0 Å². The van der Waals surface area contributed by atoms with Crippen LogP contribution in [0.3, 0.4) is 0 Å². The lowest BCUT2D eigenvalue weighted by molar-refractivity contribution is 0.319. The fraction of sp³-hybridized carbons (Fsp3) is 0.125. The van der Waals surface area contributed by atoms with E-state index in [4.69, 9.17) is 20.5 Å². The van der Waals surface area contributed by atoms with E-state index in [1.165, 1.54) is 19.1 Å². The van der Waals surface area contributed by atoms with Crippen molar-refractivity contribution in [2.45, 2.75) is 6.92 Å². The average Bonchev–Trinajstić information content (AvgIpc) is 2.12. The fourth-order valence-electron chi connectivity index (χ4n) is 0.871. The SMILES string of the molecule is CC(=NO)c1cc(O)c(O)c(O)c1. The maximum absolute atomic E-state index is 9.08. The number of phenolic OH excluding ortho intramolecular Hbond substituents is 3. The molecule has 1 aromatic rings. The van der Waals surface area contributed by atoms with Crippen LogP contribution in [0.15, 0.2) is 17.3 Å². The molecule has 0 unspecified atom stereocenters. The number of aromatic hydroxyl groups is 3. The van der Waals surface area contributed by atoms with E-state index in [2.05, 4.69) is 5.16 Å². The molecule has 0 fully saturated rings. The first-order valence-electron chi connectivity index (χ1n) is 3.50. The average molecular weight is 183 g/mol. The highest BCUT2D eigenvalue weighted by atomic mass is 16.4. The van der Waals surface area contributed by atoms with Gasteiger partial charge in [0.25, 0.3) is 0 Å². The minimum atomic E-state index is -0.588. The van der Waals surface area contributed by atoms with Gasteiger partial charge in [-0.15, -0.1) is 0 Å². The summed E-state index contributed by atoms with van der Waals surface area (Å²) in [7, 11) is 0. The Hall–Kier alpha value is -1.91. The van der Waals surface area contributed by atoms with Crippen LogP contribution >= 0.6 is 0 Å². The van der Waals surface area contributed by atoms with Gasteiger partial charge in [0, 0.05) is 5.56 Å². The Balaban J connectivity index is 3.29. The van der Waals surface area contributed by atoms with Crippen LogP contribution in [-0.4, -0.2) is 26.2 Å². The monoisotopic (exact) mass is 183 g/mol.